The molecule has 2 heterocycles. The van der Waals surface area contributed by atoms with Crippen LogP contribution in [0.4, 0.5) is 0 Å². The molecule has 2 rings (SSSR count). The molecule has 0 spiro atoms. The summed E-state index contributed by atoms with van der Waals surface area (Å²) in [4.78, 5) is 11.4. The number of hydrogen-bond acceptors (Lipinski definition) is 6. The third kappa shape index (κ3) is 3.34. The molecule has 1 aromatic rings. The molecule has 1 unspecified atom stereocenters. The topological polar surface area (TPSA) is 47.5 Å². The molecule has 1 atom stereocenters. The SMILES string of the molecule is COc1nc(SC)ncc1C(=S)N1CCOC(C)C1. The van der Waals surface area contributed by atoms with E-state index in [4.69, 9.17) is 21.7 Å². The summed E-state index contributed by atoms with van der Waals surface area (Å²) in [7, 11) is 1.60. The van der Waals surface area contributed by atoms with Gasteiger partial charge in [0.2, 0.25) is 5.88 Å². The number of methoxy groups -OCH3 is 1. The van der Waals surface area contributed by atoms with Crippen molar-refractivity contribution in [2.24, 2.45) is 0 Å². The summed E-state index contributed by atoms with van der Waals surface area (Å²) in [5.74, 6) is 0.531. The Morgan fingerprint density at radius 3 is 3.05 bits per heavy atom. The molecule has 0 N–H and O–H groups in total. The molecule has 1 aliphatic rings. The highest BCUT2D eigenvalue weighted by atomic mass is 32.2. The number of thiocarbonyl (C=S) groups is 1. The van der Waals surface area contributed by atoms with Crippen LogP contribution in [0.5, 0.6) is 5.88 Å². The fourth-order valence-corrected chi connectivity index (χ4v) is 2.56. The van der Waals surface area contributed by atoms with E-state index in [0.717, 1.165) is 23.6 Å². The van der Waals surface area contributed by atoms with Crippen LogP contribution in [0.3, 0.4) is 0 Å². The molecule has 19 heavy (non-hydrogen) atoms. The van der Waals surface area contributed by atoms with E-state index in [1.807, 2.05) is 13.2 Å². The second-order valence-corrected chi connectivity index (χ2v) is 5.37. The van der Waals surface area contributed by atoms with Crippen molar-refractivity contribution < 1.29 is 9.47 Å². The van der Waals surface area contributed by atoms with Crippen LogP contribution in [-0.4, -0.2) is 59.0 Å². The molecule has 0 bridgehead atoms. The van der Waals surface area contributed by atoms with Crippen molar-refractivity contribution >= 4 is 29.0 Å². The zero-order chi connectivity index (χ0) is 13.8. The van der Waals surface area contributed by atoms with Gasteiger partial charge in [0.25, 0.3) is 0 Å². The van der Waals surface area contributed by atoms with E-state index in [9.17, 15) is 0 Å². The Balaban J connectivity index is 2.22. The number of hydrogen-bond donors (Lipinski definition) is 0. The first kappa shape index (κ1) is 14.5. The molecule has 1 fully saturated rings. The molecule has 0 saturated carbocycles. The van der Waals surface area contributed by atoms with Gasteiger partial charge in [-0.2, -0.15) is 4.98 Å². The van der Waals surface area contributed by atoms with Gasteiger partial charge in [0, 0.05) is 19.3 Å². The summed E-state index contributed by atoms with van der Waals surface area (Å²) in [5, 5.41) is 0.679. The van der Waals surface area contributed by atoms with Crippen molar-refractivity contribution in [3.05, 3.63) is 11.8 Å². The minimum Gasteiger partial charge on any atom is -0.480 e. The Labute approximate surface area is 122 Å². The van der Waals surface area contributed by atoms with Crippen LogP contribution in [-0.2, 0) is 4.74 Å². The lowest BCUT2D eigenvalue weighted by atomic mass is 10.2. The van der Waals surface area contributed by atoms with Gasteiger partial charge in [-0.05, 0) is 13.2 Å². The maximum atomic E-state index is 5.53. The largest absolute Gasteiger partial charge is 0.480 e. The lowest BCUT2D eigenvalue weighted by molar-refractivity contribution is 0.00670. The van der Waals surface area contributed by atoms with Crippen molar-refractivity contribution in [1.82, 2.24) is 14.9 Å². The van der Waals surface area contributed by atoms with Gasteiger partial charge in [-0.1, -0.05) is 24.0 Å². The number of aromatic nitrogens is 2. The summed E-state index contributed by atoms with van der Waals surface area (Å²) in [6, 6.07) is 0. The quantitative estimate of drug-likeness (QED) is 0.477. The molecule has 0 radical (unpaired) electrons. The predicted octanol–water partition coefficient (Wildman–Crippen LogP) is 1.60. The van der Waals surface area contributed by atoms with Gasteiger partial charge in [0.15, 0.2) is 5.16 Å². The Morgan fingerprint density at radius 1 is 1.63 bits per heavy atom. The molecule has 7 heteroatoms. The normalized spacial score (nSPS) is 19.3. The first-order valence-electron chi connectivity index (χ1n) is 6.01. The molecule has 104 valence electrons. The Kier molecular flexibility index (Phi) is 4.95. The average Bonchev–Trinajstić information content (AvgIpc) is 2.45. The summed E-state index contributed by atoms with van der Waals surface area (Å²) in [6.45, 7) is 4.30. The van der Waals surface area contributed by atoms with Gasteiger partial charge in [0.1, 0.15) is 4.99 Å². The zero-order valence-electron chi connectivity index (χ0n) is 11.3. The zero-order valence-corrected chi connectivity index (χ0v) is 12.9. The van der Waals surface area contributed by atoms with Gasteiger partial charge >= 0.3 is 0 Å². The molecule has 1 saturated heterocycles. The molecule has 0 aliphatic carbocycles. The first-order chi connectivity index (χ1) is 9.15. The van der Waals surface area contributed by atoms with Crippen LogP contribution in [0.25, 0.3) is 0 Å². The van der Waals surface area contributed by atoms with Gasteiger partial charge in [0.05, 0.1) is 25.4 Å². The van der Waals surface area contributed by atoms with E-state index in [2.05, 4.69) is 14.9 Å². The van der Waals surface area contributed by atoms with Crippen molar-refractivity contribution in [2.75, 3.05) is 33.1 Å². The fraction of sp³-hybridized carbons (Fsp3) is 0.583. The lowest BCUT2D eigenvalue weighted by Gasteiger charge is -2.33. The monoisotopic (exact) mass is 299 g/mol. The number of thioether (sulfide) groups is 1. The summed E-state index contributed by atoms with van der Waals surface area (Å²) in [5.41, 5.74) is 0.768. The van der Waals surface area contributed by atoms with Gasteiger partial charge in [-0.25, -0.2) is 4.98 Å². The standard InChI is InChI=1S/C12H17N3O2S2/c1-8-7-15(4-5-17-8)11(18)9-6-13-12(19-3)14-10(9)16-2/h6,8H,4-5,7H2,1-3H3. The van der Waals surface area contributed by atoms with Gasteiger partial charge < -0.3 is 14.4 Å². The van der Waals surface area contributed by atoms with Crippen LogP contribution in [0.1, 0.15) is 12.5 Å². The molecule has 1 aliphatic heterocycles. The highest BCUT2D eigenvalue weighted by Gasteiger charge is 2.23. The number of nitrogens with zero attached hydrogens (tertiary/aromatic N) is 3. The second kappa shape index (κ2) is 6.49. The lowest BCUT2D eigenvalue weighted by Crippen LogP contribution is -2.44. The van der Waals surface area contributed by atoms with Crippen molar-refractivity contribution in [3.8, 4) is 5.88 Å². The fourth-order valence-electron chi connectivity index (χ4n) is 1.92. The maximum Gasteiger partial charge on any atom is 0.227 e. The molecule has 1 aromatic heterocycles. The van der Waals surface area contributed by atoms with E-state index in [1.165, 1.54) is 11.8 Å². The predicted molar refractivity (Wildman–Crippen MR) is 79.1 cm³/mol. The number of morpholine rings is 1. The maximum absolute atomic E-state index is 5.53. The van der Waals surface area contributed by atoms with E-state index in [0.29, 0.717) is 17.6 Å². The second-order valence-electron chi connectivity index (χ2n) is 4.21. The molecule has 0 amide bonds. The van der Waals surface area contributed by atoms with E-state index in [1.54, 1.807) is 13.3 Å². The van der Waals surface area contributed by atoms with Crippen LogP contribution in [0.15, 0.2) is 11.4 Å². The van der Waals surface area contributed by atoms with Crippen LogP contribution >= 0.6 is 24.0 Å². The molecule has 5 nitrogen and oxygen atoms in total. The molecule has 0 aromatic carbocycles. The Hall–Kier alpha value is -0.920. The summed E-state index contributed by atoms with van der Waals surface area (Å²) < 4.78 is 10.8. The molecular formula is C12H17N3O2S2. The third-order valence-electron chi connectivity index (χ3n) is 2.87. The highest BCUT2D eigenvalue weighted by Crippen LogP contribution is 2.21. The van der Waals surface area contributed by atoms with Crippen molar-refractivity contribution in [2.45, 2.75) is 18.2 Å². The van der Waals surface area contributed by atoms with Crippen LogP contribution in [0, 0.1) is 0 Å². The Morgan fingerprint density at radius 2 is 2.42 bits per heavy atom. The third-order valence-corrected chi connectivity index (χ3v) is 3.91. The summed E-state index contributed by atoms with van der Waals surface area (Å²) >= 11 is 7.01. The average molecular weight is 299 g/mol. The van der Waals surface area contributed by atoms with E-state index in [-0.39, 0.29) is 6.10 Å². The molecular weight excluding hydrogens is 282 g/mol. The van der Waals surface area contributed by atoms with Crippen molar-refractivity contribution in [3.63, 3.8) is 0 Å². The minimum absolute atomic E-state index is 0.184. The summed E-state index contributed by atoms with van der Waals surface area (Å²) in [6.07, 6.45) is 3.85. The Bertz CT molecular complexity index is 470. The minimum atomic E-state index is 0.184. The van der Waals surface area contributed by atoms with Crippen LogP contribution in [0.2, 0.25) is 0 Å². The van der Waals surface area contributed by atoms with Gasteiger partial charge in [-0.15, -0.1) is 0 Å². The number of rotatable bonds is 3. The first-order valence-corrected chi connectivity index (χ1v) is 7.65. The van der Waals surface area contributed by atoms with Crippen LogP contribution < -0.4 is 4.74 Å². The number of ether oxygens (including phenoxy) is 2. The van der Waals surface area contributed by atoms with E-state index >= 15 is 0 Å². The van der Waals surface area contributed by atoms with Gasteiger partial charge in [-0.3, -0.25) is 0 Å². The van der Waals surface area contributed by atoms with Crippen molar-refractivity contribution in [1.29, 1.82) is 0 Å². The smallest absolute Gasteiger partial charge is 0.227 e. The van der Waals surface area contributed by atoms with E-state index < -0.39 is 0 Å². The highest BCUT2D eigenvalue weighted by molar-refractivity contribution is 7.98.